The number of rotatable bonds is 14. The molecule has 10 nitrogen and oxygen atoms in total. The third-order valence-corrected chi connectivity index (χ3v) is 7.88. The number of amides is 1. The lowest BCUT2D eigenvalue weighted by Gasteiger charge is -2.29. The summed E-state index contributed by atoms with van der Waals surface area (Å²) in [7, 11) is 1.60. The molecule has 0 radical (unpaired) electrons. The van der Waals surface area contributed by atoms with E-state index in [0.717, 1.165) is 44.0 Å². The van der Waals surface area contributed by atoms with Crippen molar-refractivity contribution in [3.05, 3.63) is 125 Å². The fraction of sp³-hybridized carbons (Fsp3) is 0.278. The van der Waals surface area contributed by atoms with E-state index in [1.165, 1.54) is 0 Å². The number of morpholine rings is 1. The predicted molar refractivity (Wildman–Crippen MR) is 177 cm³/mol. The molecule has 10 heteroatoms. The highest BCUT2D eigenvalue weighted by atomic mass is 16.5. The summed E-state index contributed by atoms with van der Waals surface area (Å²) < 4.78 is 17.3. The molecule has 5 rings (SSSR count). The predicted octanol–water partition coefficient (Wildman–Crippen LogP) is 5.09. The van der Waals surface area contributed by atoms with Gasteiger partial charge >= 0.3 is 0 Å². The SMILES string of the molecule is COc1cc(C(Nc2ccc(C(=N)NO)cc2)C(=O)N(Cc2ccccc2)Cc2ccccc2)ccc1OCCN1CCOCC1. The summed E-state index contributed by atoms with van der Waals surface area (Å²) >= 11 is 0. The molecule has 4 aromatic rings. The summed E-state index contributed by atoms with van der Waals surface area (Å²) in [4.78, 5) is 18.8. The highest BCUT2D eigenvalue weighted by molar-refractivity contribution is 5.96. The zero-order valence-electron chi connectivity index (χ0n) is 26.0. The molecular formula is C36H41N5O5. The number of carbonyl (C=O) groups is 1. The van der Waals surface area contributed by atoms with Crippen LogP contribution in [0, 0.1) is 5.41 Å². The molecular weight excluding hydrogens is 582 g/mol. The molecule has 0 aliphatic carbocycles. The zero-order valence-corrected chi connectivity index (χ0v) is 26.0. The van der Waals surface area contributed by atoms with Crippen LogP contribution in [0.1, 0.15) is 28.3 Å². The number of benzene rings is 4. The number of hydrogen-bond acceptors (Lipinski definition) is 8. The second kappa shape index (κ2) is 16.4. The van der Waals surface area contributed by atoms with E-state index in [1.807, 2.05) is 89.2 Å². The van der Waals surface area contributed by atoms with Crippen molar-refractivity contribution in [2.24, 2.45) is 0 Å². The van der Waals surface area contributed by atoms with Gasteiger partial charge < -0.3 is 24.4 Å². The molecule has 1 atom stereocenters. The van der Waals surface area contributed by atoms with Gasteiger partial charge in [0.1, 0.15) is 18.5 Å². The lowest BCUT2D eigenvalue weighted by atomic mass is 10.0. The Hall–Kier alpha value is -4.90. The number of nitrogens with zero attached hydrogens (tertiary/aromatic N) is 2. The molecule has 1 aliphatic heterocycles. The van der Waals surface area contributed by atoms with Crippen LogP contribution in [-0.2, 0) is 22.6 Å². The molecule has 0 bridgehead atoms. The number of nitrogens with one attached hydrogen (secondary N) is 3. The average Bonchev–Trinajstić information content (AvgIpc) is 3.11. The average molecular weight is 624 g/mol. The smallest absolute Gasteiger partial charge is 0.250 e. The van der Waals surface area contributed by atoms with E-state index in [-0.39, 0.29) is 11.7 Å². The molecule has 0 aromatic heterocycles. The number of hydrogen-bond donors (Lipinski definition) is 4. The van der Waals surface area contributed by atoms with E-state index in [4.69, 9.17) is 24.8 Å². The molecule has 1 amide bonds. The normalized spacial score (nSPS) is 13.8. The van der Waals surface area contributed by atoms with Crippen LogP contribution in [0.3, 0.4) is 0 Å². The van der Waals surface area contributed by atoms with Crippen LogP contribution in [0.5, 0.6) is 11.5 Å². The Balaban J connectivity index is 1.44. The number of hydroxylamine groups is 1. The molecule has 1 heterocycles. The summed E-state index contributed by atoms with van der Waals surface area (Å²) in [6.45, 7) is 5.36. The van der Waals surface area contributed by atoms with Crippen molar-refractivity contribution >= 4 is 17.4 Å². The second-order valence-electron chi connectivity index (χ2n) is 11.0. The van der Waals surface area contributed by atoms with Crippen LogP contribution >= 0.6 is 0 Å². The van der Waals surface area contributed by atoms with Crippen LogP contribution in [0.2, 0.25) is 0 Å². The van der Waals surface area contributed by atoms with E-state index >= 15 is 0 Å². The first-order chi connectivity index (χ1) is 22.5. The van der Waals surface area contributed by atoms with Crippen molar-refractivity contribution in [1.29, 1.82) is 5.41 Å². The monoisotopic (exact) mass is 623 g/mol. The van der Waals surface area contributed by atoms with Gasteiger partial charge in [-0.1, -0.05) is 66.7 Å². The van der Waals surface area contributed by atoms with Gasteiger partial charge in [-0.25, -0.2) is 0 Å². The standard InChI is InChI=1S/C36H41N5O5/c1-44-33-24-30(14-17-32(33)46-23-20-40-18-21-45-22-19-40)34(38-31-15-12-29(13-16-31)35(37)39-43)36(42)41(25-27-8-4-2-5-9-27)26-28-10-6-3-7-11-28/h2-17,24,34,38,43H,18-23,25-26H2,1H3,(H2,37,39). The van der Waals surface area contributed by atoms with Gasteiger partial charge in [0.05, 0.1) is 20.3 Å². The Kier molecular flexibility index (Phi) is 11.6. The van der Waals surface area contributed by atoms with E-state index in [1.54, 1.807) is 31.4 Å². The van der Waals surface area contributed by atoms with Crippen molar-refractivity contribution in [1.82, 2.24) is 15.3 Å². The highest BCUT2D eigenvalue weighted by Crippen LogP contribution is 2.33. The molecule has 4 N–H and O–H groups in total. The van der Waals surface area contributed by atoms with E-state index in [2.05, 4.69) is 10.2 Å². The van der Waals surface area contributed by atoms with E-state index in [0.29, 0.717) is 48.0 Å². The first kappa shape index (κ1) is 32.5. The quantitative estimate of drug-likeness (QED) is 0.0872. The number of ether oxygens (including phenoxy) is 3. The van der Waals surface area contributed by atoms with Crippen LogP contribution in [0.25, 0.3) is 0 Å². The molecule has 1 unspecified atom stereocenters. The minimum atomic E-state index is -0.773. The van der Waals surface area contributed by atoms with Gasteiger partial charge in [-0.3, -0.25) is 25.8 Å². The van der Waals surface area contributed by atoms with Crippen molar-refractivity contribution in [2.75, 3.05) is 51.9 Å². The van der Waals surface area contributed by atoms with Crippen LogP contribution in [-0.4, -0.2) is 73.3 Å². The first-order valence-electron chi connectivity index (χ1n) is 15.4. The molecule has 0 spiro atoms. The third kappa shape index (κ3) is 8.85. The zero-order chi connectivity index (χ0) is 32.1. The van der Waals surface area contributed by atoms with Crippen LogP contribution in [0.15, 0.2) is 103 Å². The van der Waals surface area contributed by atoms with Gasteiger partial charge in [-0.05, 0) is 53.1 Å². The van der Waals surface area contributed by atoms with Gasteiger partial charge in [0.25, 0.3) is 0 Å². The number of amidine groups is 1. The van der Waals surface area contributed by atoms with Crippen molar-refractivity contribution in [3.63, 3.8) is 0 Å². The van der Waals surface area contributed by atoms with Gasteiger partial charge in [0.2, 0.25) is 5.91 Å². The summed E-state index contributed by atoms with van der Waals surface area (Å²) in [5.74, 6) is 0.902. The Labute approximate surface area is 270 Å². The number of methoxy groups -OCH3 is 1. The highest BCUT2D eigenvalue weighted by Gasteiger charge is 2.28. The van der Waals surface area contributed by atoms with Crippen molar-refractivity contribution < 1.29 is 24.2 Å². The lowest BCUT2D eigenvalue weighted by Crippen LogP contribution is -2.38. The van der Waals surface area contributed by atoms with Crippen molar-refractivity contribution in [3.8, 4) is 11.5 Å². The third-order valence-electron chi connectivity index (χ3n) is 7.88. The fourth-order valence-electron chi connectivity index (χ4n) is 5.35. The largest absolute Gasteiger partial charge is 0.493 e. The van der Waals surface area contributed by atoms with Gasteiger partial charge in [0.15, 0.2) is 11.5 Å². The van der Waals surface area contributed by atoms with Crippen molar-refractivity contribution in [2.45, 2.75) is 19.1 Å². The van der Waals surface area contributed by atoms with Crippen LogP contribution < -0.4 is 20.3 Å². The number of carbonyl (C=O) groups excluding carboxylic acids is 1. The molecule has 1 fully saturated rings. The Morgan fingerprint density at radius 3 is 2.13 bits per heavy atom. The second-order valence-corrected chi connectivity index (χ2v) is 11.0. The maximum Gasteiger partial charge on any atom is 0.250 e. The molecule has 46 heavy (non-hydrogen) atoms. The minimum absolute atomic E-state index is 0.120. The molecule has 1 saturated heterocycles. The number of anilines is 1. The summed E-state index contributed by atoms with van der Waals surface area (Å²) in [6.07, 6.45) is 0. The summed E-state index contributed by atoms with van der Waals surface area (Å²) in [5, 5.41) is 20.4. The molecule has 0 saturated carbocycles. The Bertz CT molecular complexity index is 1510. The van der Waals surface area contributed by atoms with E-state index in [9.17, 15) is 4.79 Å². The minimum Gasteiger partial charge on any atom is -0.493 e. The lowest BCUT2D eigenvalue weighted by molar-refractivity contribution is -0.133. The Morgan fingerprint density at radius 1 is 0.913 bits per heavy atom. The Morgan fingerprint density at radius 2 is 1.54 bits per heavy atom. The molecule has 4 aromatic carbocycles. The molecule has 240 valence electrons. The maximum absolute atomic E-state index is 14.6. The summed E-state index contributed by atoms with van der Waals surface area (Å²) in [6, 6.07) is 31.7. The van der Waals surface area contributed by atoms with E-state index < -0.39 is 6.04 Å². The van der Waals surface area contributed by atoms with Gasteiger partial charge in [-0.2, -0.15) is 0 Å². The van der Waals surface area contributed by atoms with Gasteiger partial charge in [0, 0.05) is 44.0 Å². The van der Waals surface area contributed by atoms with Crippen LogP contribution in [0.4, 0.5) is 5.69 Å². The summed E-state index contributed by atoms with van der Waals surface area (Å²) in [5.41, 5.74) is 5.80. The van der Waals surface area contributed by atoms with Gasteiger partial charge in [-0.15, -0.1) is 0 Å². The topological polar surface area (TPSA) is 119 Å². The maximum atomic E-state index is 14.6. The molecule has 1 aliphatic rings. The first-order valence-corrected chi connectivity index (χ1v) is 15.4. The fourth-order valence-corrected chi connectivity index (χ4v) is 5.35.